The van der Waals surface area contributed by atoms with Gasteiger partial charge in [-0.15, -0.1) is 12.4 Å². The van der Waals surface area contributed by atoms with Gasteiger partial charge in [-0.25, -0.2) is 0 Å². The van der Waals surface area contributed by atoms with Crippen molar-refractivity contribution in [2.24, 2.45) is 5.73 Å². The van der Waals surface area contributed by atoms with Gasteiger partial charge in [0.05, 0.1) is 18.7 Å². The molecule has 0 fully saturated rings. The van der Waals surface area contributed by atoms with Gasteiger partial charge in [-0.2, -0.15) is 0 Å². The molecule has 92 valence electrons. The molecule has 0 radical (unpaired) electrons. The van der Waals surface area contributed by atoms with Crippen molar-refractivity contribution < 1.29 is 9.47 Å². The van der Waals surface area contributed by atoms with Crippen LogP contribution in [0.25, 0.3) is 0 Å². The third kappa shape index (κ3) is 3.85. The largest absolute Gasteiger partial charge is 0.496 e. The van der Waals surface area contributed by atoms with Crippen LogP contribution in [0.4, 0.5) is 0 Å². The number of ether oxygens (including phenoxy) is 2. The Bertz CT molecular complexity index is 345. The molecule has 1 unspecified atom stereocenters. The van der Waals surface area contributed by atoms with E-state index < -0.39 is 0 Å². The molecule has 0 amide bonds. The summed E-state index contributed by atoms with van der Waals surface area (Å²) in [5.41, 5.74) is 6.83. The molecule has 0 spiro atoms. The van der Waals surface area contributed by atoms with E-state index in [-0.39, 0.29) is 18.4 Å². The molecule has 16 heavy (non-hydrogen) atoms. The molecule has 1 atom stereocenters. The van der Waals surface area contributed by atoms with Gasteiger partial charge in [0.25, 0.3) is 0 Å². The second-order valence-corrected chi connectivity index (χ2v) is 4.33. The molecule has 0 heterocycles. The number of hydrogen-bond acceptors (Lipinski definition) is 3. The maximum Gasteiger partial charge on any atom is 0.133 e. The van der Waals surface area contributed by atoms with Crippen molar-refractivity contribution in [2.75, 3.05) is 14.2 Å². The van der Waals surface area contributed by atoms with Crippen LogP contribution in [0, 0.1) is 0 Å². The maximum absolute atomic E-state index is 5.77. The summed E-state index contributed by atoms with van der Waals surface area (Å²) < 4.78 is 11.4. The van der Waals surface area contributed by atoms with Crippen LogP contribution in [0.1, 0.15) is 12.5 Å². The molecular formula is C11H17BrClNO2. The van der Waals surface area contributed by atoms with Crippen LogP contribution in [0.5, 0.6) is 11.5 Å². The van der Waals surface area contributed by atoms with Crippen molar-refractivity contribution in [3.63, 3.8) is 0 Å². The number of nitrogens with two attached hydrogens (primary N) is 1. The van der Waals surface area contributed by atoms with Gasteiger partial charge >= 0.3 is 0 Å². The van der Waals surface area contributed by atoms with E-state index in [9.17, 15) is 0 Å². The summed E-state index contributed by atoms with van der Waals surface area (Å²) in [5, 5.41) is 0. The first-order valence-corrected chi connectivity index (χ1v) is 5.53. The third-order valence-corrected chi connectivity index (χ3v) is 2.72. The highest BCUT2D eigenvalue weighted by atomic mass is 79.9. The van der Waals surface area contributed by atoms with E-state index in [4.69, 9.17) is 15.2 Å². The normalized spacial score (nSPS) is 11.6. The van der Waals surface area contributed by atoms with E-state index in [1.807, 2.05) is 19.1 Å². The lowest BCUT2D eigenvalue weighted by Gasteiger charge is -2.13. The third-order valence-electron chi connectivity index (χ3n) is 2.10. The number of hydrogen-bond donors (Lipinski definition) is 1. The molecule has 3 nitrogen and oxygen atoms in total. The summed E-state index contributed by atoms with van der Waals surface area (Å²) >= 11 is 3.41. The molecule has 0 aromatic heterocycles. The smallest absolute Gasteiger partial charge is 0.133 e. The van der Waals surface area contributed by atoms with E-state index in [0.717, 1.165) is 28.0 Å². The lowest BCUT2D eigenvalue weighted by Crippen LogP contribution is -2.18. The highest BCUT2D eigenvalue weighted by Gasteiger charge is 2.10. The molecule has 2 N–H and O–H groups in total. The minimum atomic E-state index is 0. The summed E-state index contributed by atoms with van der Waals surface area (Å²) in [7, 11) is 3.29. The maximum atomic E-state index is 5.77. The lowest BCUT2D eigenvalue weighted by molar-refractivity contribution is 0.395. The van der Waals surface area contributed by atoms with Gasteiger partial charge < -0.3 is 15.2 Å². The van der Waals surface area contributed by atoms with Gasteiger partial charge in [0.1, 0.15) is 11.5 Å². The van der Waals surface area contributed by atoms with Crippen molar-refractivity contribution in [1.29, 1.82) is 0 Å². The molecular weight excluding hydrogens is 293 g/mol. The summed E-state index contributed by atoms with van der Waals surface area (Å²) in [5.74, 6) is 1.63. The van der Waals surface area contributed by atoms with Crippen LogP contribution in [0.2, 0.25) is 0 Å². The monoisotopic (exact) mass is 309 g/mol. The van der Waals surface area contributed by atoms with E-state index in [1.165, 1.54) is 0 Å². The summed E-state index contributed by atoms with van der Waals surface area (Å²) in [6.45, 7) is 1.97. The summed E-state index contributed by atoms with van der Waals surface area (Å²) in [4.78, 5) is 0. The molecule has 0 aliphatic rings. The van der Waals surface area contributed by atoms with Gasteiger partial charge in [0.15, 0.2) is 0 Å². The Balaban J connectivity index is 0.00000225. The zero-order valence-corrected chi connectivity index (χ0v) is 12.0. The molecule has 1 aromatic rings. The van der Waals surface area contributed by atoms with Crippen LogP contribution in [-0.2, 0) is 6.42 Å². The SMILES string of the molecule is COc1cc(CC(C)N)c(OC)cc1Br.Cl. The predicted octanol–water partition coefficient (Wildman–Crippen LogP) is 2.78. The lowest BCUT2D eigenvalue weighted by atomic mass is 10.1. The standard InChI is InChI=1S/C11H16BrNO2.ClH/c1-7(13)4-8-5-11(15-3)9(12)6-10(8)14-2;/h5-7H,4,13H2,1-3H3;1H. The number of halogens is 2. The Hall–Kier alpha value is -0.450. The predicted molar refractivity (Wildman–Crippen MR) is 71.8 cm³/mol. The van der Waals surface area contributed by atoms with Crippen LogP contribution in [0.3, 0.4) is 0 Å². The molecule has 5 heteroatoms. The van der Waals surface area contributed by atoms with Crippen molar-refractivity contribution in [3.8, 4) is 11.5 Å². The summed E-state index contributed by atoms with van der Waals surface area (Å²) in [6, 6.07) is 3.95. The van der Waals surface area contributed by atoms with Gasteiger partial charge in [-0.05, 0) is 47.0 Å². The van der Waals surface area contributed by atoms with E-state index in [1.54, 1.807) is 14.2 Å². The molecule has 0 saturated heterocycles. The molecule has 0 aliphatic heterocycles. The average molecular weight is 311 g/mol. The number of methoxy groups -OCH3 is 2. The Morgan fingerprint density at radius 3 is 2.25 bits per heavy atom. The molecule has 0 aliphatic carbocycles. The molecule has 1 aromatic carbocycles. The van der Waals surface area contributed by atoms with Crippen molar-refractivity contribution in [2.45, 2.75) is 19.4 Å². The minimum absolute atomic E-state index is 0. The van der Waals surface area contributed by atoms with Gasteiger partial charge in [0.2, 0.25) is 0 Å². The van der Waals surface area contributed by atoms with Crippen molar-refractivity contribution in [1.82, 2.24) is 0 Å². The van der Waals surface area contributed by atoms with E-state index in [0.29, 0.717) is 0 Å². The topological polar surface area (TPSA) is 44.5 Å². The van der Waals surface area contributed by atoms with Gasteiger partial charge in [-0.1, -0.05) is 0 Å². The van der Waals surface area contributed by atoms with Gasteiger partial charge in [0, 0.05) is 6.04 Å². The van der Waals surface area contributed by atoms with Crippen LogP contribution in [-0.4, -0.2) is 20.3 Å². The average Bonchev–Trinajstić information content (AvgIpc) is 2.19. The van der Waals surface area contributed by atoms with Crippen molar-refractivity contribution >= 4 is 28.3 Å². The zero-order chi connectivity index (χ0) is 11.4. The fraction of sp³-hybridized carbons (Fsp3) is 0.455. The second-order valence-electron chi connectivity index (χ2n) is 3.48. The quantitative estimate of drug-likeness (QED) is 0.930. The first kappa shape index (κ1) is 15.5. The minimum Gasteiger partial charge on any atom is -0.496 e. The highest BCUT2D eigenvalue weighted by molar-refractivity contribution is 9.10. The summed E-state index contributed by atoms with van der Waals surface area (Å²) in [6.07, 6.45) is 0.771. The van der Waals surface area contributed by atoms with E-state index >= 15 is 0 Å². The van der Waals surface area contributed by atoms with Crippen LogP contribution < -0.4 is 15.2 Å². The second kappa shape index (κ2) is 6.99. The highest BCUT2D eigenvalue weighted by Crippen LogP contribution is 2.33. The Morgan fingerprint density at radius 2 is 1.81 bits per heavy atom. The first-order chi connectivity index (χ1) is 7.08. The van der Waals surface area contributed by atoms with Crippen molar-refractivity contribution in [3.05, 3.63) is 22.2 Å². The van der Waals surface area contributed by atoms with Crippen LogP contribution >= 0.6 is 28.3 Å². The first-order valence-electron chi connectivity index (χ1n) is 4.74. The number of benzene rings is 1. The fourth-order valence-corrected chi connectivity index (χ4v) is 1.91. The fourth-order valence-electron chi connectivity index (χ4n) is 1.43. The van der Waals surface area contributed by atoms with Gasteiger partial charge in [-0.3, -0.25) is 0 Å². The zero-order valence-electron chi connectivity index (χ0n) is 9.62. The Labute approximate surface area is 111 Å². The van der Waals surface area contributed by atoms with E-state index in [2.05, 4.69) is 15.9 Å². The molecule has 0 bridgehead atoms. The van der Waals surface area contributed by atoms with Crippen LogP contribution in [0.15, 0.2) is 16.6 Å². The number of rotatable bonds is 4. The molecule has 0 saturated carbocycles. The molecule has 1 rings (SSSR count). The Kier molecular flexibility index (Phi) is 6.79. The Morgan fingerprint density at radius 1 is 1.25 bits per heavy atom.